The topological polar surface area (TPSA) is 84.2 Å². The number of aryl methyl sites for hydroxylation is 2. The number of anilines is 1. The van der Waals surface area contributed by atoms with Gasteiger partial charge in [0.1, 0.15) is 5.76 Å². The molecule has 0 aliphatic carbocycles. The maximum absolute atomic E-state index is 12.4. The van der Waals surface area contributed by atoms with Crippen molar-refractivity contribution < 1.29 is 14.1 Å². The van der Waals surface area contributed by atoms with Crippen LogP contribution in [0.2, 0.25) is 0 Å². The smallest absolute Gasteiger partial charge is 0.253 e. The highest BCUT2D eigenvalue weighted by Crippen LogP contribution is 2.20. The SMILES string of the molecule is CCC(C)NC(=O)c1ccccc1NC(=O)CSCc1c(C)noc1C. The Morgan fingerprint density at radius 1 is 1.27 bits per heavy atom. The van der Waals surface area contributed by atoms with Crippen LogP contribution < -0.4 is 10.6 Å². The monoisotopic (exact) mass is 375 g/mol. The van der Waals surface area contributed by atoms with E-state index in [-0.39, 0.29) is 23.6 Å². The molecule has 0 aliphatic heterocycles. The summed E-state index contributed by atoms with van der Waals surface area (Å²) in [6.45, 7) is 7.71. The zero-order chi connectivity index (χ0) is 19.1. The quantitative estimate of drug-likeness (QED) is 0.735. The molecule has 1 aromatic heterocycles. The highest BCUT2D eigenvalue weighted by molar-refractivity contribution is 7.99. The summed E-state index contributed by atoms with van der Waals surface area (Å²) in [6, 6.07) is 7.11. The molecule has 6 nitrogen and oxygen atoms in total. The van der Waals surface area contributed by atoms with Gasteiger partial charge in [0.25, 0.3) is 5.91 Å². The van der Waals surface area contributed by atoms with Gasteiger partial charge >= 0.3 is 0 Å². The molecule has 1 unspecified atom stereocenters. The number of benzene rings is 1. The lowest BCUT2D eigenvalue weighted by Crippen LogP contribution is -2.32. The lowest BCUT2D eigenvalue weighted by atomic mass is 10.1. The molecular formula is C19H25N3O3S. The molecule has 0 aliphatic rings. The average molecular weight is 375 g/mol. The van der Waals surface area contributed by atoms with Crippen molar-refractivity contribution in [1.29, 1.82) is 0 Å². The Bertz CT molecular complexity index is 754. The Labute approximate surface area is 158 Å². The van der Waals surface area contributed by atoms with Gasteiger partial charge in [-0.25, -0.2) is 0 Å². The summed E-state index contributed by atoms with van der Waals surface area (Å²) >= 11 is 1.48. The second-order valence-corrected chi connectivity index (χ2v) is 7.16. The zero-order valence-electron chi connectivity index (χ0n) is 15.6. The minimum Gasteiger partial charge on any atom is -0.361 e. The van der Waals surface area contributed by atoms with Gasteiger partial charge in [-0.2, -0.15) is 0 Å². The van der Waals surface area contributed by atoms with Crippen molar-refractivity contribution in [2.75, 3.05) is 11.1 Å². The number of amides is 2. The van der Waals surface area contributed by atoms with E-state index in [2.05, 4.69) is 15.8 Å². The first kappa shape index (κ1) is 20.0. The zero-order valence-corrected chi connectivity index (χ0v) is 16.4. The van der Waals surface area contributed by atoms with Crippen molar-refractivity contribution in [3.63, 3.8) is 0 Å². The molecule has 0 saturated carbocycles. The number of thioether (sulfide) groups is 1. The van der Waals surface area contributed by atoms with Crippen molar-refractivity contribution in [2.45, 2.75) is 45.9 Å². The molecular weight excluding hydrogens is 350 g/mol. The molecule has 0 bridgehead atoms. The Hall–Kier alpha value is -2.28. The normalized spacial score (nSPS) is 11.8. The number of para-hydroxylation sites is 1. The van der Waals surface area contributed by atoms with E-state index in [4.69, 9.17) is 4.52 Å². The Morgan fingerprint density at radius 2 is 2.00 bits per heavy atom. The van der Waals surface area contributed by atoms with Gasteiger partial charge in [0.15, 0.2) is 0 Å². The fourth-order valence-electron chi connectivity index (χ4n) is 2.33. The first-order chi connectivity index (χ1) is 12.4. The van der Waals surface area contributed by atoms with Crippen molar-refractivity contribution in [3.8, 4) is 0 Å². The second kappa shape index (κ2) is 9.43. The lowest BCUT2D eigenvalue weighted by Gasteiger charge is -2.14. The third-order valence-corrected chi connectivity index (χ3v) is 5.06. The number of nitrogens with zero attached hydrogens (tertiary/aromatic N) is 1. The summed E-state index contributed by atoms with van der Waals surface area (Å²) in [4.78, 5) is 24.6. The molecule has 1 heterocycles. The summed E-state index contributed by atoms with van der Waals surface area (Å²) in [6.07, 6.45) is 0.846. The first-order valence-corrected chi connectivity index (χ1v) is 9.77. The standard InChI is InChI=1S/C19H25N3O3S/c1-5-12(2)20-19(24)15-8-6-7-9-17(15)21-18(23)11-26-10-16-13(3)22-25-14(16)4/h6-9,12H,5,10-11H2,1-4H3,(H,20,24)(H,21,23). The highest BCUT2D eigenvalue weighted by Gasteiger charge is 2.15. The van der Waals surface area contributed by atoms with Gasteiger partial charge in [0.2, 0.25) is 5.91 Å². The van der Waals surface area contributed by atoms with Gasteiger partial charge in [-0.05, 0) is 39.3 Å². The van der Waals surface area contributed by atoms with Crippen LogP contribution in [0.5, 0.6) is 0 Å². The summed E-state index contributed by atoms with van der Waals surface area (Å²) in [5.41, 5.74) is 2.87. The van der Waals surface area contributed by atoms with E-state index >= 15 is 0 Å². The number of hydrogen-bond acceptors (Lipinski definition) is 5. The molecule has 7 heteroatoms. The molecule has 0 spiro atoms. The fraction of sp³-hybridized carbons (Fsp3) is 0.421. The van der Waals surface area contributed by atoms with Crippen LogP contribution in [-0.4, -0.2) is 28.8 Å². The number of nitrogens with one attached hydrogen (secondary N) is 2. The number of carbonyl (C=O) groups is 2. The van der Waals surface area contributed by atoms with E-state index in [9.17, 15) is 9.59 Å². The molecule has 2 aromatic rings. The van der Waals surface area contributed by atoms with Crippen molar-refractivity contribution in [1.82, 2.24) is 10.5 Å². The van der Waals surface area contributed by atoms with Crippen LogP contribution in [0.25, 0.3) is 0 Å². The molecule has 0 saturated heterocycles. The number of rotatable bonds is 8. The third-order valence-electron chi connectivity index (χ3n) is 4.10. The minimum absolute atomic E-state index is 0.0804. The van der Waals surface area contributed by atoms with Crippen LogP contribution in [0.1, 0.15) is 47.6 Å². The predicted octanol–water partition coefficient (Wildman–Crippen LogP) is 3.69. The summed E-state index contributed by atoms with van der Waals surface area (Å²) < 4.78 is 5.12. The van der Waals surface area contributed by atoms with E-state index in [0.717, 1.165) is 23.4 Å². The van der Waals surface area contributed by atoms with Gasteiger partial charge in [0, 0.05) is 17.4 Å². The van der Waals surface area contributed by atoms with Crippen LogP contribution in [0, 0.1) is 13.8 Å². The van der Waals surface area contributed by atoms with Crippen LogP contribution in [0.15, 0.2) is 28.8 Å². The van der Waals surface area contributed by atoms with E-state index < -0.39 is 0 Å². The molecule has 1 aromatic carbocycles. The maximum Gasteiger partial charge on any atom is 0.253 e. The Balaban J connectivity index is 1.93. The Kier molecular flexibility index (Phi) is 7.26. The molecule has 1 atom stereocenters. The van der Waals surface area contributed by atoms with Crippen LogP contribution in [-0.2, 0) is 10.5 Å². The highest BCUT2D eigenvalue weighted by atomic mass is 32.2. The summed E-state index contributed by atoms with van der Waals surface area (Å²) in [7, 11) is 0. The lowest BCUT2D eigenvalue weighted by molar-refractivity contribution is -0.113. The van der Waals surface area contributed by atoms with E-state index in [1.165, 1.54) is 11.8 Å². The molecule has 2 rings (SSSR count). The number of aromatic nitrogens is 1. The van der Waals surface area contributed by atoms with Gasteiger partial charge in [-0.1, -0.05) is 24.2 Å². The molecule has 2 amide bonds. The molecule has 0 radical (unpaired) electrons. The molecule has 26 heavy (non-hydrogen) atoms. The van der Waals surface area contributed by atoms with E-state index in [1.807, 2.05) is 27.7 Å². The third kappa shape index (κ3) is 5.36. The van der Waals surface area contributed by atoms with Gasteiger partial charge in [-0.15, -0.1) is 11.8 Å². The number of hydrogen-bond donors (Lipinski definition) is 2. The van der Waals surface area contributed by atoms with Gasteiger partial charge in [0.05, 0.1) is 22.7 Å². The predicted molar refractivity (Wildman–Crippen MR) is 104 cm³/mol. The van der Waals surface area contributed by atoms with Crippen LogP contribution in [0.4, 0.5) is 5.69 Å². The maximum atomic E-state index is 12.4. The molecule has 140 valence electrons. The van der Waals surface area contributed by atoms with Crippen molar-refractivity contribution in [3.05, 3.63) is 46.8 Å². The van der Waals surface area contributed by atoms with Crippen LogP contribution in [0.3, 0.4) is 0 Å². The first-order valence-electron chi connectivity index (χ1n) is 8.61. The van der Waals surface area contributed by atoms with Gasteiger partial charge in [-0.3, -0.25) is 9.59 Å². The minimum atomic E-state index is -0.182. The average Bonchev–Trinajstić information content (AvgIpc) is 2.94. The van der Waals surface area contributed by atoms with Crippen LogP contribution >= 0.6 is 11.8 Å². The van der Waals surface area contributed by atoms with Crippen molar-refractivity contribution in [2.24, 2.45) is 0 Å². The fourth-order valence-corrected chi connectivity index (χ4v) is 3.31. The Morgan fingerprint density at radius 3 is 2.65 bits per heavy atom. The van der Waals surface area contributed by atoms with E-state index in [1.54, 1.807) is 24.3 Å². The largest absolute Gasteiger partial charge is 0.361 e. The molecule has 2 N–H and O–H groups in total. The van der Waals surface area contributed by atoms with Gasteiger partial charge < -0.3 is 15.2 Å². The van der Waals surface area contributed by atoms with Crippen molar-refractivity contribution >= 4 is 29.3 Å². The molecule has 0 fully saturated rings. The summed E-state index contributed by atoms with van der Waals surface area (Å²) in [5, 5.41) is 9.66. The number of carbonyl (C=O) groups excluding carboxylic acids is 2. The summed E-state index contributed by atoms with van der Waals surface area (Å²) in [5.74, 6) is 1.39. The second-order valence-electron chi connectivity index (χ2n) is 6.17. The van der Waals surface area contributed by atoms with E-state index in [0.29, 0.717) is 17.0 Å².